The third-order valence-corrected chi connectivity index (χ3v) is 7.88. The highest BCUT2D eigenvalue weighted by Crippen LogP contribution is 2.48. The van der Waals surface area contributed by atoms with Gasteiger partial charge in [-0.3, -0.25) is 9.78 Å². The van der Waals surface area contributed by atoms with Crippen LogP contribution in [-0.4, -0.2) is 59.0 Å². The van der Waals surface area contributed by atoms with Gasteiger partial charge in [-0.05, 0) is 60.8 Å². The first-order chi connectivity index (χ1) is 18.9. The van der Waals surface area contributed by atoms with Crippen LogP contribution in [0.25, 0.3) is 10.9 Å². The van der Waals surface area contributed by atoms with Gasteiger partial charge in [0.1, 0.15) is 18.0 Å². The highest BCUT2D eigenvalue weighted by molar-refractivity contribution is 6.32. The minimum atomic E-state index is -0.0823. The number of benzene rings is 2. The Morgan fingerprint density at radius 1 is 0.974 bits per heavy atom. The van der Waals surface area contributed by atoms with Crippen molar-refractivity contribution in [2.45, 2.75) is 18.9 Å². The lowest BCUT2D eigenvalue weighted by molar-refractivity contribution is -0.117. The van der Waals surface area contributed by atoms with Crippen LogP contribution in [0.2, 0.25) is 10.0 Å². The van der Waals surface area contributed by atoms with Crippen LogP contribution in [0.4, 0.5) is 17.3 Å². The van der Waals surface area contributed by atoms with Crippen molar-refractivity contribution in [1.29, 1.82) is 0 Å². The SMILES string of the molecule is CN1CCN(c2cc(Cl)cc3cc(CNc4cc(NC(=O)[C@H]5CC5c5cccc(Cl)c5)ncn4)cnc23)CC1. The number of aromatic nitrogens is 3. The highest BCUT2D eigenvalue weighted by Gasteiger charge is 2.44. The molecule has 2 N–H and O–H groups in total. The van der Waals surface area contributed by atoms with E-state index in [0.717, 1.165) is 60.3 Å². The molecular weight excluding hydrogens is 533 g/mol. The molecule has 6 rings (SSSR count). The zero-order valence-electron chi connectivity index (χ0n) is 21.6. The first kappa shape index (κ1) is 25.8. The lowest BCUT2D eigenvalue weighted by atomic mass is 10.1. The predicted molar refractivity (Wildman–Crippen MR) is 157 cm³/mol. The van der Waals surface area contributed by atoms with Crippen molar-refractivity contribution in [3.05, 3.63) is 82.2 Å². The molecule has 1 saturated carbocycles. The largest absolute Gasteiger partial charge is 0.367 e. The van der Waals surface area contributed by atoms with E-state index in [1.54, 1.807) is 6.07 Å². The molecule has 200 valence electrons. The normalized spacial score (nSPS) is 19.2. The number of hydrogen-bond acceptors (Lipinski definition) is 7. The van der Waals surface area contributed by atoms with Crippen molar-refractivity contribution in [2.75, 3.05) is 48.8 Å². The van der Waals surface area contributed by atoms with Crippen molar-refractivity contribution < 1.29 is 4.79 Å². The molecule has 1 aliphatic carbocycles. The zero-order valence-corrected chi connectivity index (χ0v) is 23.1. The smallest absolute Gasteiger partial charge is 0.229 e. The van der Waals surface area contributed by atoms with Crippen LogP contribution >= 0.6 is 23.2 Å². The third kappa shape index (κ3) is 5.93. The predicted octanol–water partition coefficient (Wildman–Crippen LogP) is 5.44. The summed E-state index contributed by atoms with van der Waals surface area (Å²) in [4.78, 5) is 30.8. The van der Waals surface area contributed by atoms with E-state index in [1.807, 2.05) is 42.6 Å². The van der Waals surface area contributed by atoms with Gasteiger partial charge in [0.15, 0.2) is 0 Å². The number of amides is 1. The molecule has 1 unspecified atom stereocenters. The molecule has 0 spiro atoms. The standard InChI is InChI=1S/C29H29Cl2N7O/c1-37-5-7-38(8-6-37)25-12-22(31)11-20-9-18(16-33-28(20)25)15-32-26-14-27(35-17-34-26)36-29(39)24-13-23(24)19-3-2-4-21(30)10-19/h2-4,9-12,14,16-17,23-24H,5-8,13,15H2,1H3,(H2,32,34,35,36,39)/t23?,24-/m0/s1. The van der Waals surface area contributed by atoms with Crippen LogP contribution in [0.5, 0.6) is 0 Å². The van der Waals surface area contributed by atoms with Gasteiger partial charge >= 0.3 is 0 Å². The van der Waals surface area contributed by atoms with E-state index in [1.165, 1.54) is 6.33 Å². The molecule has 2 atom stereocenters. The molecule has 0 bridgehead atoms. The van der Waals surface area contributed by atoms with E-state index in [4.69, 9.17) is 28.2 Å². The number of likely N-dealkylation sites (N-methyl/N-ethyl adjacent to an activating group) is 1. The lowest BCUT2D eigenvalue weighted by Gasteiger charge is -2.34. The molecule has 0 radical (unpaired) electrons. The van der Waals surface area contributed by atoms with E-state index in [-0.39, 0.29) is 17.7 Å². The Labute approximate surface area is 237 Å². The van der Waals surface area contributed by atoms with Gasteiger partial charge in [-0.1, -0.05) is 35.3 Å². The fourth-order valence-electron chi connectivity index (χ4n) is 5.15. The fraction of sp³-hybridized carbons (Fsp3) is 0.310. The van der Waals surface area contributed by atoms with Gasteiger partial charge in [0.25, 0.3) is 0 Å². The summed E-state index contributed by atoms with van der Waals surface area (Å²) in [5, 5.41) is 8.64. The van der Waals surface area contributed by atoms with Crippen LogP contribution in [0.15, 0.2) is 61.1 Å². The summed E-state index contributed by atoms with van der Waals surface area (Å²) < 4.78 is 0. The summed E-state index contributed by atoms with van der Waals surface area (Å²) in [5.74, 6) is 1.15. The molecule has 2 aromatic carbocycles. The van der Waals surface area contributed by atoms with Crippen LogP contribution in [0.1, 0.15) is 23.5 Å². The molecule has 10 heteroatoms. The summed E-state index contributed by atoms with van der Waals surface area (Å²) >= 11 is 12.6. The summed E-state index contributed by atoms with van der Waals surface area (Å²) in [6.07, 6.45) is 4.13. The van der Waals surface area contributed by atoms with Gasteiger partial charge in [0.2, 0.25) is 5.91 Å². The van der Waals surface area contributed by atoms with Crippen molar-refractivity contribution in [3.63, 3.8) is 0 Å². The molecule has 8 nitrogen and oxygen atoms in total. The number of carbonyl (C=O) groups is 1. The summed E-state index contributed by atoms with van der Waals surface area (Å²) in [6.45, 7) is 4.45. The first-order valence-electron chi connectivity index (χ1n) is 13.1. The second-order valence-electron chi connectivity index (χ2n) is 10.3. The molecular formula is C29H29Cl2N7O. The lowest BCUT2D eigenvalue weighted by Crippen LogP contribution is -2.44. The quantitative estimate of drug-likeness (QED) is 0.310. The minimum Gasteiger partial charge on any atom is -0.367 e. The molecule has 39 heavy (non-hydrogen) atoms. The molecule has 2 fully saturated rings. The average molecular weight is 563 g/mol. The van der Waals surface area contributed by atoms with Crippen molar-refractivity contribution in [2.24, 2.45) is 5.92 Å². The summed E-state index contributed by atoms with van der Waals surface area (Å²) in [7, 11) is 2.14. The highest BCUT2D eigenvalue weighted by atomic mass is 35.5. The van der Waals surface area contributed by atoms with E-state index in [9.17, 15) is 4.79 Å². The van der Waals surface area contributed by atoms with Gasteiger partial charge in [-0.15, -0.1) is 0 Å². The van der Waals surface area contributed by atoms with E-state index in [0.29, 0.717) is 28.2 Å². The number of hydrogen-bond donors (Lipinski definition) is 2. The number of piperazine rings is 1. The van der Waals surface area contributed by atoms with Crippen LogP contribution in [0.3, 0.4) is 0 Å². The van der Waals surface area contributed by atoms with Crippen molar-refractivity contribution >= 4 is 57.3 Å². The first-order valence-corrected chi connectivity index (χ1v) is 13.8. The Hall–Kier alpha value is -3.46. The van der Waals surface area contributed by atoms with Crippen molar-refractivity contribution in [3.8, 4) is 0 Å². The Morgan fingerprint density at radius 3 is 2.62 bits per heavy atom. The van der Waals surface area contributed by atoms with Crippen LogP contribution < -0.4 is 15.5 Å². The topological polar surface area (TPSA) is 86.3 Å². The van der Waals surface area contributed by atoms with Gasteiger partial charge in [-0.25, -0.2) is 9.97 Å². The second-order valence-corrected chi connectivity index (χ2v) is 11.1. The summed E-state index contributed by atoms with van der Waals surface area (Å²) in [6, 6.07) is 15.5. The molecule has 1 aliphatic heterocycles. The van der Waals surface area contributed by atoms with Gasteiger partial charge in [-0.2, -0.15) is 0 Å². The van der Waals surface area contributed by atoms with Gasteiger partial charge < -0.3 is 20.4 Å². The number of carbonyl (C=O) groups excluding carboxylic acids is 1. The number of anilines is 3. The minimum absolute atomic E-state index is 0.0450. The molecule has 1 saturated heterocycles. The summed E-state index contributed by atoms with van der Waals surface area (Å²) in [5.41, 5.74) is 4.12. The monoisotopic (exact) mass is 561 g/mol. The number of fused-ring (bicyclic) bond motifs is 1. The fourth-order valence-corrected chi connectivity index (χ4v) is 5.57. The number of pyridine rings is 1. The van der Waals surface area contributed by atoms with Gasteiger partial charge in [0, 0.05) is 66.3 Å². The van der Waals surface area contributed by atoms with Crippen LogP contribution in [-0.2, 0) is 11.3 Å². The number of nitrogens with one attached hydrogen (secondary N) is 2. The molecule has 2 aromatic heterocycles. The Kier molecular flexibility index (Phi) is 7.25. The maximum atomic E-state index is 12.8. The van der Waals surface area contributed by atoms with Crippen molar-refractivity contribution in [1.82, 2.24) is 19.9 Å². The third-order valence-electron chi connectivity index (χ3n) is 7.42. The Balaban J connectivity index is 1.10. The van der Waals surface area contributed by atoms with E-state index < -0.39 is 0 Å². The Bertz CT molecular complexity index is 1520. The van der Waals surface area contributed by atoms with E-state index in [2.05, 4.69) is 43.5 Å². The zero-order chi connectivity index (χ0) is 26.9. The molecule has 1 amide bonds. The average Bonchev–Trinajstić information content (AvgIpc) is 3.73. The van der Waals surface area contributed by atoms with Crippen LogP contribution in [0, 0.1) is 5.92 Å². The second kappa shape index (κ2) is 11.0. The number of nitrogens with zero attached hydrogens (tertiary/aromatic N) is 5. The molecule has 4 aromatic rings. The maximum absolute atomic E-state index is 12.8. The molecule has 3 heterocycles. The maximum Gasteiger partial charge on any atom is 0.229 e. The van der Waals surface area contributed by atoms with E-state index >= 15 is 0 Å². The number of rotatable bonds is 7. The molecule has 2 aliphatic rings. The number of halogens is 2. The van der Waals surface area contributed by atoms with Gasteiger partial charge in [0.05, 0.1) is 11.2 Å². The Morgan fingerprint density at radius 2 is 1.79 bits per heavy atom.